The number of carboxylic acids is 2. The molecule has 0 aliphatic heterocycles. The van der Waals surface area contributed by atoms with E-state index in [9.17, 15) is 34.2 Å². The Kier molecular flexibility index (Phi) is 14.7. The average molecular weight is 646 g/mol. The van der Waals surface area contributed by atoms with E-state index in [2.05, 4.69) is 31.6 Å². The second-order valence-electron chi connectivity index (χ2n) is 10.6. The number of hydrogen-bond donors (Lipinski definition) is 13. The molecule has 18 heteroatoms. The van der Waals surface area contributed by atoms with Crippen LogP contribution in [0.5, 0.6) is 0 Å². The van der Waals surface area contributed by atoms with Gasteiger partial charge in [0.15, 0.2) is 11.9 Å². The topological polar surface area (TPSA) is 328 Å². The van der Waals surface area contributed by atoms with Crippen LogP contribution in [0.1, 0.15) is 44.1 Å². The van der Waals surface area contributed by atoms with Crippen molar-refractivity contribution in [3.63, 3.8) is 0 Å². The molecule has 46 heavy (non-hydrogen) atoms. The van der Waals surface area contributed by atoms with Gasteiger partial charge in [-0.2, -0.15) is 0 Å². The minimum absolute atomic E-state index is 0.0336. The molecule has 0 spiro atoms. The molecule has 2 aromatic rings. The molecule has 1 aromatic heterocycles. The number of nitrogens with one attached hydrogen (secondary N) is 8. The van der Waals surface area contributed by atoms with Crippen LogP contribution < -0.4 is 43.8 Å². The van der Waals surface area contributed by atoms with Gasteiger partial charge in [0.2, 0.25) is 17.7 Å². The molecule has 0 radical (unpaired) electrons. The van der Waals surface area contributed by atoms with Crippen LogP contribution in [0.4, 0.5) is 0 Å². The summed E-state index contributed by atoms with van der Waals surface area (Å²) in [6.45, 7) is 0.370. The number of guanidine groups is 2. The number of carbonyl (C=O) groups excluding carboxylic acids is 3. The number of fused-ring (bicyclic) bond motifs is 1. The maximum Gasteiger partial charge on any atom is 0.326 e. The van der Waals surface area contributed by atoms with E-state index >= 15 is 0 Å². The fourth-order valence-corrected chi connectivity index (χ4v) is 4.57. The van der Waals surface area contributed by atoms with Crippen molar-refractivity contribution in [1.82, 2.24) is 31.6 Å². The number of nitrogens with two attached hydrogens (primary N) is 3. The van der Waals surface area contributed by atoms with E-state index in [1.165, 1.54) is 0 Å². The molecule has 0 unspecified atom stereocenters. The van der Waals surface area contributed by atoms with Gasteiger partial charge in [-0.3, -0.25) is 30.0 Å². The number of H-pyrrole nitrogens is 1. The zero-order valence-electron chi connectivity index (χ0n) is 25.2. The highest BCUT2D eigenvalue weighted by molar-refractivity contribution is 5.94. The Hall–Kier alpha value is -5.39. The molecule has 4 atom stereocenters. The second kappa shape index (κ2) is 18.4. The zero-order chi connectivity index (χ0) is 34.2. The molecule has 1 heterocycles. The molecule has 0 saturated heterocycles. The second-order valence-corrected chi connectivity index (χ2v) is 10.6. The Bertz CT molecular complexity index is 1400. The lowest BCUT2D eigenvalue weighted by Crippen LogP contribution is -2.57. The van der Waals surface area contributed by atoms with Crippen LogP contribution in [0.15, 0.2) is 30.5 Å². The SMILES string of the molecule is N=C(N)NCCC[C@H](NC(=O)[C@H](CCC(=O)O)NC(=O)[C@H](CCCNC(=N)N)NC(=O)[C@@H](N)Cc1c[nH]c2ccccc12)C(=O)O. The first-order valence-corrected chi connectivity index (χ1v) is 14.6. The van der Waals surface area contributed by atoms with Gasteiger partial charge < -0.3 is 59.0 Å². The molecule has 0 aliphatic carbocycles. The van der Waals surface area contributed by atoms with E-state index in [1.807, 2.05) is 24.3 Å². The Labute approximate surface area is 264 Å². The van der Waals surface area contributed by atoms with E-state index in [4.69, 9.17) is 28.0 Å². The minimum atomic E-state index is -1.45. The summed E-state index contributed by atoms with van der Waals surface area (Å²) in [6, 6.07) is 2.37. The summed E-state index contributed by atoms with van der Waals surface area (Å²) in [4.78, 5) is 65.8. The fourth-order valence-electron chi connectivity index (χ4n) is 4.57. The van der Waals surface area contributed by atoms with Gasteiger partial charge in [-0.25, -0.2) is 4.79 Å². The lowest BCUT2D eigenvalue weighted by atomic mass is 10.0. The highest BCUT2D eigenvalue weighted by atomic mass is 16.4. The number of benzene rings is 1. The van der Waals surface area contributed by atoms with Gasteiger partial charge in [0.05, 0.1) is 6.04 Å². The molecular formula is C28H43N11O7. The van der Waals surface area contributed by atoms with E-state index in [0.29, 0.717) is 0 Å². The number of aromatic amines is 1. The number of para-hydroxylation sites is 1. The Morgan fingerprint density at radius 2 is 1.30 bits per heavy atom. The molecule has 0 aliphatic rings. The molecule has 1 aromatic carbocycles. The van der Waals surface area contributed by atoms with Gasteiger partial charge >= 0.3 is 11.9 Å². The lowest BCUT2D eigenvalue weighted by Gasteiger charge is -2.25. The van der Waals surface area contributed by atoms with Crippen molar-refractivity contribution in [2.24, 2.45) is 17.2 Å². The molecule has 0 fully saturated rings. The summed E-state index contributed by atoms with van der Waals surface area (Å²) < 4.78 is 0. The molecule has 0 saturated carbocycles. The van der Waals surface area contributed by atoms with Gasteiger partial charge in [-0.15, -0.1) is 0 Å². The smallest absolute Gasteiger partial charge is 0.326 e. The van der Waals surface area contributed by atoms with Crippen LogP contribution in [0, 0.1) is 10.8 Å². The Balaban J connectivity index is 2.16. The van der Waals surface area contributed by atoms with E-state index in [0.717, 1.165) is 16.5 Å². The van der Waals surface area contributed by atoms with Crippen LogP contribution >= 0.6 is 0 Å². The van der Waals surface area contributed by atoms with Crippen LogP contribution in [0.3, 0.4) is 0 Å². The number of aromatic nitrogens is 1. The molecule has 252 valence electrons. The van der Waals surface area contributed by atoms with Crippen molar-refractivity contribution in [2.45, 2.75) is 69.1 Å². The first kappa shape index (κ1) is 36.8. The monoisotopic (exact) mass is 645 g/mol. The number of amides is 3. The van der Waals surface area contributed by atoms with Crippen LogP contribution in [0.25, 0.3) is 10.9 Å². The highest BCUT2D eigenvalue weighted by Gasteiger charge is 2.30. The summed E-state index contributed by atoms with van der Waals surface area (Å²) in [7, 11) is 0. The van der Waals surface area contributed by atoms with Gasteiger partial charge in [0.1, 0.15) is 18.1 Å². The van der Waals surface area contributed by atoms with Gasteiger partial charge in [0, 0.05) is 36.6 Å². The first-order valence-electron chi connectivity index (χ1n) is 14.6. The summed E-state index contributed by atoms with van der Waals surface area (Å²) in [5, 5.41) is 46.6. The third-order valence-corrected chi connectivity index (χ3v) is 6.95. The zero-order valence-corrected chi connectivity index (χ0v) is 25.2. The van der Waals surface area contributed by atoms with Crippen molar-refractivity contribution in [2.75, 3.05) is 13.1 Å². The predicted molar refractivity (Wildman–Crippen MR) is 169 cm³/mol. The average Bonchev–Trinajstić information content (AvgIpc) is 3.39. The summed E-state index contributed by atoms with van der Waals surface area (Å²) >= 11 is 0. The van der Waals surface area contributed by atoms with Crippen molar-refractivity contribution in [3.8, 4) is 0 Å². The van der Waals surface area contributed by atoms with E-state index < -0.39 is 60.2 Å². The first-order chi connectivity index (χ1) is 21.8. The maximum absolute atomic E-state index is 13.4. The predicted octanol–water partition coefficient (Wildman–Crippen LogP) is -2.03. The number of aliphatic carboxylic acids is 2. The van der Waals surface area contributed by atoms with E-state index in [1.54, 1.807) is 6.20 Å². The third-order valence-electron chi connectivity index (χ3n) is 6.95. The van der Waals surface area contributed by atoms with Crippen LogP contribution in [0.2, 0.25) is 0 Å². The van der Waals surface area contributed by atoms with Gasteiger partial charge in [0.25, 0.3) is 0 Å². The van der Waals surface area contributed by atoms with E-state index in [-0.39, 0.29) is 63.5 Å². The molecule has 3 amide bonds. The van der Waals surface area contributed by atoms with Crippen molar-refractivity contribution < 1.29 is 34.2 Å². The van der Waals surface area contributed by atoms with Crippen LogP contribution in [-0.4, -0.2) is 94.0 Å². The molecular weight excluding hydrogens is 602 g/mol. The number of carboxylic acid groups (broad SMARTS) is 2. The van der Waals surface area contributed by atoms with Gasteiger partial charge in [-0.05, 0) is 50.2 Å². The quantitative estimate of drug-likeness (QED) is 0.0421. The number of carbonyl (C=O) groups is 5. The Morgan fingerprint density at radius 3 is 1.87 bits per heavy atom. The summed E-state index contributed by atoms with van der Waals surface area (Å²) in [5.74, 6) is -5.60. The number of hydrogen-bond acceptors (Lipinski definition) is 8. The van der Waals surface area contributed by atoms with Crippen molar-refractivity contribution >= 4 is 52.5 Å². The van der Waals surface area contributed by atoms with Crippen LogP contribution in [-0.2, 0) is 30.4 Å². The molecule has 16 N–H and O–H groups in total. The minimum Gasteiger partial charge on any atom is -0.481 e. The maximum atomic E-state index is 13.4. The Morgan fingerprint density at radius 1 is 0.783 bits per heavy atom. The van der Waals surface area contributed by atoms with Gasteiger partial charge in [-0.1, -0.05) is 18.2 Å². The van der Waals surface area contributed by atoms with Crippen molar-refractivity contribution in [1.29, 1.82) is 10.8 Å². The summed E-state index contributed by atoms with van der Waals surface area (Å²) in [5.41, 5.74) is 18.4. The molecule has 2 rings (SSSR count). The highest BCUT2D eigenvalue weighted by Crippen LogP contribution is 2.19. The third kappa shape index (κ3) is 12.7. The lowest BCUT2D eigenvalue weighted by molar-refractivity contribution is -0.143. The fraction of sp³-hybridized carbons (Fsp3) is 0.464. The standard InChI is InChI=1S/C28H43N11O7/c29-17(13-15-14-36-18-6-2-1-5-16(15)18)23(42)37-19(7-3-11-34-27(30)31)24(43)38-20(9-10-22(40)41)25(44)39-21(26(45)46)8-4-12-35-28(32)33/h1-2,5-6,14,17,19-21,36H,3-4,7-13,29H2,(H,37,42)(H,38,43)(H,39,44)(H,40,41)(H,45,46)(H4,30,31,34)(H4,32,33,35)/t17-,19-,20-,21-/m0/s1. The normalized spacial score (nSPS) is 13.4. The largest absolute Gasteiger partial charge is 0.481 e. The number of rotatable bonds is 20. The molecule has 0 bridgehead atoms. The van der Waals surface area contributed by atoms with Crippen molar-refractivity contribution in [3.05, 3.63) is 36.0 Å². The summed E-state index contributed by atoms with van der Waals surface area (Å²) in [6.07, 6.45) is 1.49. The molecule has 18 nitrogen and oxygen atoms in total.